The van der Waals surface area contributed by atoms with Crippen LogP contribution in [0.15, 0.2) is 0 Å². The van der Waals surface area contributed by atoms with Crippen LogP contribution in [0.4, 0.5) is 0 Å². The van der Waals surface area contributed by atoms with Gasteiger partial charge in [0.1, 0.15) is 0 Å². The molecular weight excluding hydrogens is 57.7 g/mol. The summed E-state index contributed by atoms with van der Waals surface area (Å²) in [5, 5.41) is 0. The van der Waals surface area contributed by atoms with Crippen molar-refractivity contribution < 1.29 is 0 Å². The molecule has 0 amide bonds. The second kappa shape index (κ2) is 1.08. The third kappa shape index (κ3) is 0.499. The van der Waals surface area contributed by atoms with Crippen LogP contribution in [-0.2, 0) is 0 Å². The summed E-state index contributed by atoms with van der Waals surface area (Å²) in [5.74, 6) is 0.884. The van der Waals surface area contributed by atoms with E-state index in [0.29, 0.717) is 0 Å². The van der Waals surface area contributed by atoms with E-state index in [1.54, 1.807) is 0 Å². The topological polar surface area (TPSA) is 0 Å². The van der Waals surface area contributed by atoms with Crippen LogP contribution in [-0.4, -0.2) is 13.6 Å². The second-order valence-corrected chi connectivity index (χ2v) is 1.64. The van der Waals surface area contributed by atoms with Crippen molar-refractivity contribution in [2.24, 2.45) is 0 Å². The summed E-state index contributed by atoms with van der Waals surface area (Å²) in [6.07, 6.45) is 1.31. The summed E-state index contributed by atoms with van der Waals surface area (Å²) < 4.78 is 0. The molecule has 1 unspecified atom stereocenters. The van der Waals surface area contributed by atoms with Crippen molar-refractivity contribution >= 4 is 13.6 Å². The Hall–Kier alpha value is 0.130. The molecule has 0 nitrogen and oxygen atoms in total. The molecule has 0 aromatic carbocycles. The van der Waals surface area contributed by atoms with Gasteiger partial charge in [-0.15, -0.1) is 0 Å². The van der Waals surface area contributed by atoms with Gasteiger partial charge in [-0.05, 0) is 0 Å². The van der Waals surface area contributed by atoms with E-state index < -0.39 is 0 Å². The van der Waals surface area contributed by atoms with E-state index in [0.717, 1.165) is 5.82 Å². The zero-order chi connectivity index (χ0) is 3.70. The molecular formula is C3H6B2. The molecule has 1 rings (SSSR count). The van der Waals surface area contributed by atoms with E-state index in [4.69, 9.17) is 0 Å². The van der Waals surface area contributed by atoms with Crippen LogP contribution in [0.2, 0.25) is 12.1 Å². The number of rotatable bonds is 0. The van der Waals surface area contributed by atoms with Gasteiger partial charge in [-0.3, -0.25) is 0 Å². The molecule has 0 N–H and O–H groups in total. The van der Waals surface area contributed by atoms with Crippen LogP contribution in [0, 0.1) is 0 Å². The molecule has 1 atom stereocenters. The first-order valence-electron chi connectivity index (χ1n) is 2.06. The van der Waals surface area contributed by atoms with Crippen molar-refractivity contribution in [3.8, 4) is 0 Å². The third-order valence-corrected chi connectivity index (χ3v) is 0.972. The Bertz CT molecular complexity index is 57.9. The minimum absolute atomic E-state index is 0.884. The van der Waals surface area contributed by atoms with Gasteiger partial charge in [0.25, 0.3) is 0 Å². The average molecular weight is 63.7 g/mol. The first-order chi connectivity index (χ1) is 2.39. The Morgan fingerprint density at radius 3 is 2.20 bits per heavy atom. The van der Waals surface area contributed by atoms with Gasteiger partial charge in [-0.1, -0.05) is 0 Å². The molecule has 0 saturated heterocycles. The second-order valence-electron chi connectivity index (χ2n) is 1.64. The van der Waals surface area contributed by atoms with Crippen LogP contribution in [0.1, 0.15) is 6.92 Å². The maximum absolute atomic E-state index is 2.22. The monoisotopic (exact) mass is 64.1 g/mol. The van der Waals surface area contributed by atoms with Gasteiger partial charge < -0.3 is 0 Å². The van der Waals surface area contributed by atoms with E-state index in [1.807, 2.05) is 0 Å². The van der Waals surface area contributed by atoms with Crippen molar-refractivity contribution in [3.05, 3.63) is 0 Å². The fraction of sp³-hybridized carbons (Fsp3) is 1.00. The third-order valence-electron chi connectivity index (χ3n) is 0.972. The standard InChI is InChI=1S/C3H6B2/c1-3-2-4-5-3/h3H,2H2,1H3. The molecule has 2 heteroatoms. The SMILES string of the molecule is CC1B=BC1. The minimum atomic E-state index is 0.884. The van der Waals surface area contributed by atoms with Gasteiger partial charge in [-0.2, -0.15) is 0 Å². The summed E-state index contributed by atoms with van der Waals surface area (Å²) in [7, 11) is 0. The zero-order valence-corrected chi connectivity index (χ0v) is 3.44. The maximum atomic E-state index is 2.22. The molecule has 1 heterocycles. The van der Waals surface area contributed by atoms with E-state index in [1.165, 1.54) is 6.32 Å². The Balaban J connectivity index is 2.39. The van der Waals surface area contributed by atoms with E-state index in [2.05, 4.69) is 20.5 Å². The van der Waals surface area contributed by atoms with E-state index in [9.17, 15) is 0 Å². The Kier molecular flexibility index (Phi) is 0.716. The van der Waals surface area contributed by atoms with Gasteiger partial charge >= 0.3 is 32.7 Å². The van der Waals surface area contributed by atoms with Crippen molar-refractivity contribution in [2.45, 2.75) is 19.1 Å². The van der Waals surface area contributed by atoms with Crippen LogP contribution in [0.5, 0.6) is 0 Å². The molecule has 1 aliphatic heterocycles. The van der Waals surface area contributed by atoms with Crippen molar-refractivity contribution in [1.29, 1.82) is 0 Å². The van der Waals surface area contributed by atoms with E-state index >= 15 is 0 Å². The molecule has 0 aromatic rings. The van der Waals surface area contributed by atoms with Crippen LogP contribution >= 0.6 is 0 Å². The Morgan fingerprint density at radius 2 is 2.20 bits per heavy atom. The summed E-state index contributed by atoms with van der Waals surface area (Å²) in [6, 6.07) is 0. The Morgan fingerprint density at radius 1 is 1.80 bits per heavy atom. The first kappa shape index (κ1) is 3.32. The summed E-state index contributed by atoms with van der Waals surface area (Å²) >= 11 is 0. The molecule has 0 spiro atoms. The Labute approximate surface area is 33.7 Å². The fourth-order valence-corrected chi connectivity index (χ4v) is 0.408. The van der Waals surface area contributed by atoms with Gasteiger partial charge in [0.05, 0.1) is 0 Å². The quantitative estimate of drug-likeness (QED) is 0.360. The molecule has 0 radical (unpaired) electrons. The van der Waals surface area contributed by atoms with Crippen molar-refractivity contribution in [3.63, 3.8) is 0 Å². The van der Waals surface area contributed by atoms with Crippen molar-refractivity contribution in [1.82, 2.24) is 0 Å². The summed E-state index contributed by atoms with van der Waals surface area (Å²) in [4.78, 5) is 0. The molecule has 24 valence electrons. The first-order valence-corrected chi connectivity index (χ1v) is 2.06. The normalized spacial score (nSPS) is 30.2. The van der Waals surface area contributed by atoms with Gasteiger partial charge in [-0.25, -0.2) is 0 Å². The van der Waals surface area contributed by atoms with Gasteiger partial charge in [0.15, 0.2) is 0 Å². The van der Waals surface area contributed by atoms with Gasteiger partial charge in [0.2, 0.25) is 0 Å². The fourth-order valence-electron chi connectivity index (χ4n) is 0.408. The number of hydrogen-bond donors (Lipinski definition) is 0. The molecule has 0 fully saturated rings. The predicted molar refractivity (Wildman–Crippen MR) is 25.7 cm³/mol. The molecule has 0 aromatic heterocycles. The molecule has 0 bridgehead atoms. The molecule has 1 aliphatic rings. The van der Waals surface area contributed by atoms with E-state index in [-0.39, 0.29) is 0 Å². The van der Waals surface area contributed by atoms with Crippen LogP contribution in [0.25, 0.3) is 0 Å². The number of hydrogen-bond acceptors (Lipinski definition) is 0. The molecule has 5 heavy (non-hydrogen) atoms. The average Bonchev–Trinajstić information content (AvgIpc) is 1.30. The molecule has 0 aliphatic carbocycles. The predicted octanol–water partition coefficient (Wildman–Crippen LogP) is 0.550. The zero-order valence-electron chi connectivity index (χ0n) is 3.44. The van der Waals surface area contributed by atoms with Gasteiger partial charge in [0, 0.05) is 0 Å². The molecule has 0 saturated carbocycles. The van der Waals surface area contributed by atoms with Crippen LogP contribution in [0.3, 0.4) is 0 Å². The van der Waals surface area contributed by atoms with Crippen LogP contribution < -0.4 is 0 Å². The summed E-state index contributed by atoms with van der Waals surface area (Å²) in [5.41, 5.74) is 0. The van der Waals surface area contributed by atoms with Crippen molar-refractivity contribution in [2.75, 3.05) is 0 Å². The summed E-state index contributed by atoms with van der Waals surface area (Å²) in [6.45, 7) is 6.64.